The van der Waals surface area contributed by atoms with Gasteiger partial charge < -0.3 is 10.6 Å². The lowest BCUT2D eigenvalue weighted by molar-refractivity contribution is -0.127. The van der Waals surface area contributed by atoms with Gasteiger partial charge in [-0.05, 0) is 43.0 Å². The van der Waals surface area contributed by atoms with Crippen molar-refractivity contribution in [1.82, 2.24) is 24.6 Å². The predicted molar refractivity (Wildman–Crippen MR) is 139 cm³/mol. The summed E-state index contributed by atoms with van der Waals surface area (Å²) in [5.74, 6) is -2.12. The first-order valence-electron chi connectivity index (χ1n) is 12.3. The first-order chi connectivity index (χ1) is 18.4. The van der Waals surface area contributed by atoms with Crippen molar-refractivity contribution in [2.24, 2.45) is 0 Å². The number of ketones is 1. The van der Waals surface area contributed by atoms with Gasteiger partial charge in [-0.1, -0.05) is 36.9 Å². The highest BCUT2D eigenvalue weighted by molar-refractivity contribution is 5.98. The summed E-state index contributed by atoms with van der Waals surface area (Å²) in [6.07, 6.45) is 4.66. The third kappa shape index (κ3) is 4.77. The van der Waals surface area contributed by atoms with Gasteiger partial charge in [-0.15, -0.1) is 0 Å². The monoisotopic (exact) mass is 516 g/mol. The van der Waals surface area contributed by atoms with Crippen LogP contribution >= 0.6 is 0 Å². The maximum absolute atomic E-state index is 13.9. The fraction of sp³-hybridized carbons (Fsp3) is 0.250. The summed E-state index contributed by atoms with van der Waals surface area (Å²) in [4.78, 5) is 35.0. The van der Waals surface area contributed by atoms with E-state index in [1.807, 2.05) is 28.9 Å². The van der Waals surface area contributed by atoms with E-state index in [9.17, 15) is 18.4 Å². The Balaban J connectivity index is 1.40. The lowest BCUT2D eigenvalue weighted by atomic mass is 10.0. The topological polar surface area (TPSA) is 107 Å². The number of amides is 1. The third-order valence-corrected chi connectivity index (χ3v) is 6.86. The van der Waals surface area contributed by atoms with Crippen LogP contribution in [0, 0.1) is 11.6 Å². The molecular formula is C28H26F2N6O2. The third-order valence-electron chi connectivity index (χ3n) is 6.86. The number of benzene rings is 2. The molecule has 1 saturated heterocycles. The molecule has 1 aliphatic heterocycles. The Labute approximate surface area is 217 Å². The number of hydrogen-bond donors (Lipinski definition) is 1. The van der Waals surface area contributed by atoms with Gasteiger partial charge in [0.1, 0.15) is 29.5 Å². The van der Waals surface area contributed by atoms with E-state index in [4.69, 9.17) is 10.8 Å². The van der Waals surface area contributed by atoms with E-state index < -0.39 is 23.0 Å². The average Bonchev–Trinajstić information content (AvgIpc) is 3.33. The first kappa shape index (κ1) is 25.2. The van der Waals surface area contributed by atoms with Crippen LogP contribution in [-0.2, 0) is 11.2 Å². The zero-order valence-electron chi connectivity index (χ0n) is 20.6. The minimum atomic E-state index is -0.859. The number of carbonyl (C=O) groups is 2. The van der Waals surface area contributed by atoms with Crippen LogP contribution in [0.3, 0.4) is 0 Å². The van der Waals surface area contributed by atoms with Gasteiger partial charge in [0.05, 0.1) is 17.0 Å². The van der Waals surface area contributed by atoms with Crippen LogP contribution in [0.15, 0.2) is 61.4 Å². The molecule has 0 spiro atoms. The van der Waals surface area contributed by atoms with E-state index in [-0.39, 0.29) is 18.4 Å². The number of halogens is 2. The van der Waals surface area contributed by atoms with Crippen molar-refractivity contribution in [3.05, 3.63) is 84.2 Å². The molecule has 38 heavy (non-hydrogen) atoms. The molecule has 3 heterocycles. The standard InChI is InChI=1S/C28H26F2N6O2/c1-2-23(38)35-14-4-5-19(15-35)36-28-25(27(31)32-16-33-28)26(34-36)18-11-8-17(9-12-18)10-13-22(37)24-20(29)6-3-7-21(24)30/h2-3,6-9,11-12,16,19H,1,4-5,10,13-15H2,(H2,31,32,33)/t19-/m1/s1. The number of nitrogens with zero attached hydrogens (tertiary/aromatic N) is 5. The molecule has 1 aliphatic rings. The molecule has 10 heteroatoms. The fourth-order valence-corrected chi connectivity index (χ4v) is 4.91. The van der Waals surface area contributed by atoms with E-state index in [0.29, 0.717) is 42.1 Å². The van der Waals surface area contributed by atoms with Crippen molar-refractivity contribution in [3.8, 4) is 11.3 Å². The Morgan fingerprint density at radius 2 is 1.84 bits per heavy atom. The number of aryl methyl sites for hydroxylation is 1. The van der Waals surface area contributed by atoms with E-state index >= 15 is 0 Å². The maximum atomic E-state index is 13.9. The highest BCUT2D eigenvalue weighted by Gasteiger charge is 2.28. The smallest absolute Gasteiger partial charge is 0.246 e. The molecule has 2 N–H and O–H groups in total. The van der Waals surface area contributed by atoms with Gasteiger partial charge in [0.2, 0.25) is 5.91 Å². The summed E-state index contributed by atoms with van der Waals surface area (Å²) in [5.41, 5.74) is 8.55. The number of likely N-dealkylation sites (tertiary alicyclic amines) is 1. The van der Waals surface area contributed by atoms with Crippen LogP contribution in [0.4, 0.5) is 14.6 Å². The van der Waals surface area contributed by atoms with Crippen molar-refractivity contribution in [2.75, 3.05) is 18.8 Å². The Morgan fingerprint density at radius 1 is 1.11 bits per heavy atom. The number of fused-ring (bicyclic) bond motifs is 1. The van der Waals surface area contributed by atoms with Gasteiger partial charge >= 0.3 is 0 Å². The summed E-state index contributed by atoms with van der Waals surface area (Å²) < 4.78 is 29.7. The highest BCUT2D eigenvalue weighted by atomic mass is 19.1. The minimum Gasteiger partial charge on any atom is -0.383 e. The normalized spacial score (nSPS) is 15.5. The molecule has 1 amide bonds. The average molecular weight is 517 g/mol. The van der Waals surface area contributed by atoms with Crippen LogP contribution in [0.2, 0.25) is 0 Å². The fourth-order valence-electron chi connectivity index (χ4n) is 4.91. The van der Waals surface area contributed by atoms with Crippen LogP contribution < -0.4 is 5.73 Å². The first-order valence-corrected chi connectivity index (χ1v) is 12.3. The molecule has 0 aliphatic carbocycles. The molecule has 0 unspecified atom stereocenters. The maximum Gasteiger partial charge on any atom is 0.246 e. The molecule has 4 aromatic rings. The Hall–Kier alpha value is -4.47. The van der Waals surface area contributed by atoms with E-state index in [1.54, 1.807) is 4.90 Å². The number of nitrogens with two attached hydrogens (primary N) is 1. The van der Waals surface area contributed by atoms with Gasteiger partial charge in [-0.2, -0.15) is 5.10 Å². The number of aromatic nitrogens is 4. The van der Waals surface area contributed by atoms with E-state index in [1.165, 1.54) is 18.5 Å². The SMILES string of the molecule is C=CC(=O)N1CCC[C@@H](n2nc(-c3ccc(CCC(=O)c4c(F)cccc4F)cc3)c3c(N)ncnc32)C1. The Morgan fingerprint density at radius 3 is 2.55 bits per heavy atom. The molecule has 2 aromatic carbocycles. The van der Waals surface area contributed by atoms with E-state index in [2.05, 4.69) is 16.5 Å². The second-order valence-electron chi connectivity index (χ2n) is 9.25. The van der Waals surface area contributed by atoms with Gasteiger partial charge in [0.25, 0.3) is 0 Å². The summed E-state index contributed by atoms with van der Waals surface area (Å²) in [6.45, 7) is 4.74. The molecular weight excluding hydrogens is 490 g/mol. The van der Waals surface area contributed by atoms with Crippen molar-refractivity contribution < 1.29 is 18.4 Å². The summed E-state index contributed by atoms with van der Waals surface area (Å²) in [6, 6.07) is 10.7. The zero-order valence-corrected chi connectivity index (χ0v) is 20.6. The van der Waals surface area contributed by atoms with Gasteiger partial charge in [0, 0.05) is 25.1 Å². The van der Waals surface area contributed by atoms with Crippen molar-refractivity contribution in [1.29, 1.82) is 0 Å². The Kier molecular flexibility index (Phi) is 6.95. The van der Waals surface area contributed by atoms with Crippen LogP contribution in [0.25, 0.3) is 22.3 Å². The summed E-state index contributed by atoms with van der Waals surface area (Å²) in [7, 11) is 0. The van der Waals surface area contributed by atoms with Gasteiger partial charge in [-0.3, -0.25) is 9.59 Å². The quantitative estimate of drug-likeness (QED) is 0.286. The largest absolute Gasteiger partial charge is 0.383 e. The molecule has 8 nitrogen and oxygen atoms in total. The number of carbonyl (C=O) groups excluding carboxylic acids is 2. The molecule has 0 saturated carbocycles. The van der Waals surface area contributed by atoms with Gasteiger partial charge in [-0.25, -0.2) is 23.4 Å². The molecule has 0 radical (unpaired) electrons. The van der Waals surface area contributed by atoms with Crippen molar-refractivity contribution in [2.45, 2.75) is 31.7 Å². The molecule has 194 valence electrons. The molecule has 2 aromatic heterocycles. The Bertz CT molecular complexity index is 1510. The lowest BCUT2D eigenvalue weighted by Gasteiger charge is -2.32. The molecule has 1 atom stereocenters. The number of anilines is 1. The number of rotatable bonds is 7. The van der Waals surface area contributed by atoms with Crippen molar-refractivity contribution in [3.63, 3.8) is 0 Å². The van der Waals surface area contributed by atoms with Gasteiger partial charge in [0.15, 0.2) is 11.4 Å². The number of Topliss-reactive ketones (excluding diaryl/α,β-unsaturated/α-hetero) is 1. The highest BCUT2D eigenvalue weighted by Crippen LogP contribution is 2.34. The van der Waals surface area contributed by atoms with Crippen LogP contribution in [-0.4, -0.2) is 49.4 Å². The second-order valence-corrected chi connectivity index (χ2v) is 9.25. The number of nitrogen functional groups attached to an aromatic ring is 1. The molecule has 0 bridgehead atoms. The zero-order chi connectivity index (χ0) is 26.8. The van der Waals surface area contributed by atoms with Crippen LogP contribution in [0.5, 0.6) is 0 Å². The molecule has 1 fully saturated rings. The minimum absolute atomic E-state index is 0.0306. The predicted octanol–water partition coefficient (Wildman–Crippen LogP) is 4.52. The molecule has 5 rings (SSSR count). The lowest BCUT2D eigenvalue weighted by Crippen LogP contribution is -2.40. The van der Waals surface area contributed by atoms with E-state index in [0.717, 1.165) is 36.1 Å². The van der Waals surface area contributed by atoms with Crippen molar-refractivity contribution >= 4 is 28.5 Å². The van der Waals surface area contributed by atoms with Crippen LogP contribution in [0.1, 0.15) is 41.2 Å². The second kappa shape index (κ2) is 10.5. The summed E-state index contributed by atoms with van der Waals surface area (Å²) >= 11 is 0. The number of hydrogen-bond acceptors (Lipinski definition) is 6. The summed E-state index contributed by atoms with van der Waals surface area (Å²) in [5, 5.41) is 5.48. The number of piperidine rings is 1.